The first kappa shape index (κ1) is 15.0. The summed E-state index contributed by atoms with van der Waals surface area (Å²) >= 11 is 0. The van der Waals surface area contributed by atoms with E-state index in [-0.39, 0.29) is 18.0 Å². The number of carbonyl (C=O) groups is 1. The van der Waals surface area contributed by atoms with E-state index in [1.807, 2.05) is 44.2 Å². The Bertz CT molecular complexity index is 639. The highest BCUT2D eigenvalue weighted by molar-refractivity contribution is 5.93. The highest BCUT2D eigenvalue weighted by Gasteiger charge is 2.27. The van der Waals surface area contributed by atoms with Crippen LogP contribution >= 0.6 is 0 Å². The van der Waals surface area contributed by atoms with Crippen molar-refractivity contribution in [2.45, 2.75) is 26.2 Å². The minimum absolute atomic E-state index is 0.141. The number of nitrogen functional groups attached to an aromatic ring is 1. The quantitative estimate of drug-likeness (QED) is 0.873. The number of nitrogens with zero attached hydrogens (tertiary/aromatic N) is 2. The Morgan fingerprint density at radius 1 is 1.29 bits per heavy atom. The van der Waals surface area contributed by atoms with Gasteiger partial charge in [-0.25, -0.2) is 14.8 Å². The Morgan fingerprint density at radius 3 is 2.52 bits per heavy atom. The summed E-state index contributed by atoms with van der Waals surface area (Å²) in [7, 11) is 0. The molecule has 1 aromatic carbocycles. The predicted octanol–water partition coefficient (Wildman–Crippen LogP) is 2.56. The minimum atomic E-state index is -0.501. The molecule has 0 aliphatic carbocycles. The zero-order valence-electron chi connectivity index (χ0n) is 12.5. The van der Waals surface area contributed by atoms with Crippen LogP contribution in [-0.2, 0) is 10.2 Å². The number of hydrogen-bond donors (Lipinski definition) is 1. The molecule has 0 atom stereocenters. The van der Waals surface area contributed by atoms with Crippen LogP contribution in [-0.4, -0.2) is 22.5 Å². The van der Waals surface area contributed by atoms with Crippen molar-refractivity contribution in [3.63, 3.8) is 0 Å². The van der Waals surface area contributed by atoms with E-state index in [4.69, 9.17) is 10.5 Å². The van der Waals surface area contributed by atoms with Gasteiger partial charge in [0.05, 0.1) is 6.61 Å². The molecule has 1 heterocycles. The first-order valence-electron chi connectivity index (χ1n) is 6.82. The Morgan fingerprint density at radius 2 is 1.95 bits per heavy atom. The lowest BCUT2D eigenvalue weighted by atomic mass is 9.84. The number of nitrogens with two attached hydrogens (primary N) is 1. The zero-order chi connectivity index (χ0) is 15.5. The van der Waals surface area contributed by atoms with E-state index in [2.05, 4.69) is 9.97 Å². The molecule has 0 aliphatic heterocycles. The van der Waals surface area contributed by atoms with Gasteiger partial charge in [0.25, 0.3) is 0 Å². The third kappa shape index (κ3) is 3.02. The van der Waals surface area contributed by atoms with Gasteiger partial charge in [-0.05, 0) is 26.3 Å². The van der Waals surface area contributed by atoms with Gasteiger partial charge < -0.3 is 10.5 Å². The summed E-state index contributed by atoms with van der Waals surface area (Å²) in [5, 5.41) is 0. The van der Waals surface area contributed by atoms with Crippen LogP contribution in [0.2, 0.25) is 0 Å². The SMILES string of the molecule is CCOC(=O)c1cnc(C(C)(C)c2ccccc2)nc1N. The second-order valence-electron chi connectivity index (χ2n) is 5.20. The molecule has 0 fully saturated rings. The highest BCUT2D eigenvalue weighted by atomic mass is 16.5. The number of esters is 1. The van der Waals surface area contributed by atoms with Crippen molar-refractivity contribution in [1.29, 1.82) is 0 Å². The molecular formula is C16H19N3O2. The lowest BCUT2D eigenvalue weighted by molar-refractivity contribution is 0.0526. The molecule has 2 aromatic rings. The molecule has 110 valence electrons. The molecule has 2 N–H and O–H groups in total. The molecule has 0 radical (unpaired) electrons. The maximum absolute atomic E-state index is 11.7. The lowest BCUT2D eigenvalue weighted by Gasteiger charge is -2.24. The fourth-order valence-electron chi connectivity index (χ4n) is 2.05. The van der Waals surface area contributed by atoms with Crippen LogP contribution in [0.15, 0.2) is 36.5 Å². The summed E-state index contributed by atoms with van der Waals surface area (Å²) in [5.41, 5.74) is 6.75. The number of ether oxygens (including phenoxy) is 1. The van der Waals surface area contributed by atoms with E-state index < -0.39 is 11.4 Å². The van der Waals surface area contributed by atoms with Gasteiger partial charge in [0.2, 0.25) is 0 Å². The standard InChI is InChI=1S/C16H19N3O2/c1-4-21-14(20)12-10-18-15(19-13(12)17)16(2,3)11-8-6-5-7-9-11/h5-10H,4H2,1-3H3,(H2,17,18,19). The largest absolute Gasteiger partial charge is 0.462 e. The first-order valence-corrected chi connectivity index (χ1v) is 6.82. The summed E-state index contributed by atoms with van der Waals surface area (Å²) in [6, 6.07) is 9.91. The van der Waals surface area contributed by atoms with Crippen LogP contribution in [0, 0.1) is 0 Å². The predicted molar refractivity (Wildman–Crippen MR) is 81.0 cm³/mol. The monoisotopic (exact) mass is 285 g/mol. The van der Waals surface area contributed by atoms with Crippen LogP contribution in [0.1, 0.15) is 42.5 Å². The van der Waals surface area contributed by atoms with E-state index in [9.17, 15) is 4.79 Å². The maximum atomic E-state index is 11.7. The molecule has 5 nitrogen and oxygen atoms in total. The number of anilines is 1. The summed E-state index contributed by atoms with van der Waals surface area (Å²) < 4.78 is 4.92. The van der Waals surface area contributed by atoms with E-state index in [0.29, 0.717) is 5.82 Å². The molecule has 21 heavy (non-hydrogen) atoms. The van der Waals surface area contributed by atoms with Crippen molar-refractivity contribution in [2.24, 2.45) is 0 Å². The van der Waals surface area contributed by atoms with Crippen LogP contribution in [0.25, 0.3) is 0 Å². The van der Waals surface area contributed by atoms with Gasteiger partial charge in [0.1, 0.15) is 17.2 Å². The van der Waals surface area contributed by atoms with Gasteiger partial charge in [-0.2, -0.15) is 0 Å². The van der Waals surface area contributed by atoms with Gasteiger partial charge in [-0.1, -0.05) is 30.3 Å². The Hall–Kier alpha value is -2.43. The Labute approximate surface area is 124 Å². The van der Waals surface area contributed by atoms with Gasteiger partial charge in [0, 0.05) is 11.6 Å². The van der Waals surface area contributed by atoms with Crippen molar-refractivity contribution in [1.82, 2.24) is 9.97 Å². The molecule has 0 aliphatic rings. The minimum Gasteiger partial charge on any atom is -0.462 e. The van der Waals surface area contributed by atoms with Crippen LogP contribution < -0.4 is 5.73 Å². The van der Waals surface area contributed by atoms with Gasteiger partial charge in [-0.15, -0.1) is 0 Å². The van der Waals surface area contributed by atoms with Crippen molar-refractivity contribution in [2.75, 3.05) is 12.3 Å². The van der Waals surface area contributed by atoms with Crippen LogP contribution in [0.5, 0.6) is 0 Å². The van der Waals surface area contributed by atoms with Crippen molar-refractivity contribution in [3.8, 4) is 0 Å². The van der Waals surface area contributed by atoms with Gasteiger partial charge >= 0.3 is 5.97 Å². The van der Waals surface area contributed by atoms with Gasteiger partial charge in [0.15, 0.2) is 0 Å². The van der Waals surface area contributed by atoms with E-state index >= 15 is 0 Å². The lowest BCUT2D eigenvalue weighted by Crippen LogP contribution is -2.24. The maximum Gasteiger partial charge on any atom is 0.343 e. The molecule has 0 amide bonds. The third-order valence-electron chi connectivity index (χ3n) is 3.37. The number of aromatic nitrogens is 2. The van der Waals surface area contributed by atoms with Crippen LogP contribution in [0.4, 0.5) is 5.82 Å². The summed E-state index contributed by atoms with van der Waals surface area (Å²) in [5.74, 6) is 0.209. The third-order valence-corrected chi connectivity index (χ3v) is 3.37. The molecule has 0 unspecified atom stereocenters. The van der Waals surface area contributed by atoms with Crippen LogP contribution in [0.3, 0.4) is 0 Å². The van der Waals surface area contributed by atoms with Crippen molar-refractivity contribution in [3.05, 3.63) is 53.5 Å². The number of rotatable bonds is 4. The summed E-state index contributed by atoms with van der Waals surface area (Å²) in [6.07, 6.45) is 1.43. The average Bonchev–Trinajstić information content (AvgIpc) is 2.48. The Kier molecular flexibility index (Phi) is 4.21. The average molecular weight is 285 g/mol. The molecule has 0 spiro atoms. The fourth-order valence-corrected chi connectivity index (χ4v) is 2.05. The number of benzene rings is 1. The summed E-state index contributed by atoms with van der Waals surface area (Å²) in [6.45, 7) is 6.06. The molecule has 1 aromatic heterocycles. The fraction of sp³-hybridized carbons (Fsp3) is 0.312. The molecule has 0 bridgehead atoms. The van der Waals surface area contributed by atoms with E-state index in [0.717, 1.165) is 5.56 Å². The van der Waals surface area contributed by atoms with Crippen molar-refractivity contribution < 1.29 is 9.53 Å². The number of hydrogen-bond acceptors (Lipinski definition) is 5. The van der Waals surface area contributed by atoms with E-state index in [1.54, 1.807) is 6.92 Å². The molecule has 5 heteroatoms. The zero-order valence-corrected chi connectivity index (χ0v) is 12.5. The number of carbonyl (C=O) groups excluding carboxylic acids is 1. The van der Waals surface area contributed by atoms with E-state index in [1.165, 1.54) is 6.20 Å². The highest BCUT2D eigenvalue weighted by Crippen LogP contribution is 2.29. The Balaban J connectivity index is 2.38. The van der Waals surface area contributed by atoms with Gasteiger partial charge in [-0.3, -0.25) is 0 Å². The molecule has 2 rings (SSSR count). The molecule has 0 saturated carbocycles. The topological polar surface area (TPSA) is 78.1 Å². The first-order chi connectivity index (χ1) is 9.96. The second-order valence-corrected chi connectivity index (χ2v) is 5.20. The second kappa shape index (κ2) is 5.91. The normalized spacial score (nSPS) is 11.2. The van der Waals surface area contributed by atoms with Crippen molar-refractivity contribution >= 4 is 11.8 Å². The summed E-state index contributed by atoms with van der Waals surface area (Å²) in [4.78, 5) is 20.3. The molecule has 0 saturated heterocycles. The molecular weight excluding hydrogens is 266 g/mol. The smallest absolute Gasteiger partial charge is 0.343 e.